The van der Waals surface area contributed by atoms with Gasteiger partial charge in [0.1, 0.15) is 6.04 Å². The van der Waals surface area contributed by atoms with Crippen molar-refractivity contribution in [2.75, 3.05) is 0 Å². The van der Waals surface area contributed by atoms with Crippen molar-refractivity contribution in [2.24, 2.45) is 0 Å². The van der Waals surface area contributed by atoms with E-state index < -0.39 is 6.04 Å². The molecule has 2 aromatic rings. The van der Waals surface area contributed by atoms with Crippen LogP contribution in [0.2, 0.25) is 5.02 Å². The normalized spacial score (nSPS) is 15.1. The molecule has 1 N–H and O–H groups in total. The van der Waals surface area contributed by atoms with Gasteiger partial charge in [-0.15, -0.1) is 0 Å². The molecule has 1 fully saturated rings. The van der Waals surface area contributed by atoms with Crippen LogP contribution in [0, 0.1) is 6.92 Å². The summed E-state index contributed by atoms with van der Waals surface area (Å²) >= 11 is 5.99. The van der Waals surface area contributed by atoms with Crippen LogP contribution < -0.4 is 5.32 Å². The third-order valence-electron chi connectivity index (χ3n) is 5.61. The Bertz CT molecular complexity index is 827. The average Bonchev–Trinajstić information content (AvgIpc) is 3.21. The van der Waals surface area contributed by atoms with Gasteiger partial charge in [-0.1, -0.05) is 66.4 Å². The lowest BCUT2D eigenvalue weighted by Crippen LogP contribution is -2.50. The minimum absolute atomic E-state index is 0.0575. The highest BCUT2D eigenvalue weighted by Gasteiger charge is 2.28. The van der Waals surface area contributed by atoms with Gasteiger partial charge < -0.3 is 10.2 Å². The number of benzene rings is 2. The van der Waals surface area contributed by atoms with Crippen LogP contribution in [-0.2, 0) is 22.6 Å². The van der Waals surface area contributed by atoms with Crippen LogP contribution >= 0.6 is 11.6 Å². The van der Waals surface area contributed by atoms with E-state index in [0.29, 0.717) is 11.6 Å². The van der Waals surface area contributed by atoms with Crippen molar-refractivity contribution in [2.45, 2.75) is 64.6 Å². The Balaban J connectivity index is 1.75. The maximum atomic E-state index is 13.2. The maximum Gasteiger partial charge on any atom is 0.242 e. The molecule has 0 bridgehead atoms. The molecule has 29 heavy (non-hydrogen) atoms. The van der Waals surface area contributed by atoms with E-state index in [-0.39, 0.29) is 24.3 Å². The Kier molecular flexibility index (Phi) is 7.32. The first-order chi connectivity index (χ1) is 13.9. The van der Waals surface area contributed by atoms with E-state index >= 15 is 0 Å². The smallest absolute Gasteiger partial charge is 0.242 e. The molecule has 0 heterocycles. The molecule has 1 atom stereocenters. The lowest BCUT2D eigenvalue weighted by atomic mass is 10.1. The molecule has 2 amide bonds. The Morgan fingerprint density at radius 2 is 1.62 bits per heavy atom. The molecule has 0 aliphatic heterocycles. The van der Waals surface area contributed by atoms with Gasteiger partial charge in [0, 0.05) is 17.6 Å². The maximum absolute atomic E-state index is 13.2. The van der Waals surface area contributed by atoms with E-state index in [1.165, 1.54) is 0 Å². The lowest BCUT2D eigenvalue weighted by Gasteiger charge is -2.30. The summed E-state index contributed by atoms with van der Waals surface area (Å²) < 4.78 is 0. The van der Waals surface area contributed by atoms with E-state index in [1.54, 1.807) is 4.90 Å². The summed E-state index contributed by atoms with van der Waals surface area (Å²) in [5, 5.41) is 3.78. The van der Waals surface area contributed by atoms with Gasteiger partial charge in [-0.2, -0.15) is 0 Å². The number of nitrogens with one attached hydrogen (secondary N) is 1. The zero-order valence-electron chi connectivity index (χ0n) is 17.2. The molecule has 5 heteroatoms. The molecule has 0 spiro atoms. The van der Waals surface area contributed by atoms with Gasteiger partial charge in [-0.05, 0) is 49.9 Å². The fourth-order valence-corrected chi connectivity index (χ4v) is 3.87. The number of hydrogen-bond donors (Lipinski definition) is 1. The Morgan fingerprint density at radius 1 is 1.03 bits per heavy atom. The predicted octanol–water partition coefficient (Wildman–Crippen LogP) is 4.67. The second-order valence-corrected chi connectivity index (χ2v) is 8.41. The van der Waals surface area contributed by atoms with Crippen LogP contribution in [-0.4, -0.2) is 28.8 Å². The number of nitrogens with zero attached hydrogens (tertiary/aromatic N) is 1. The van der Waals surface area contributed by atoms with Crippen LogP contribution in [0.4, 0.5) is 0 Å². The summed E-state index contributed by atoms with van der Waals surface area (Å²) in [7, 11) is 0. The van der Waals surface area contributed by atoms with E-state index in [0.717, 1.165) is 42.4 Å². The molecule has 0 saturated heterocycles. The molecule has 154 valence electrons. The molecular weight excluding hydrogens is 384 g/mol. The van der Waals surface area contributed by atoms with Crippen LogP contribution in [0.15, 0.2) is 48.5 Å². The Morgan fingerprint density at radius 3 is 2.24 bits per heavy atom. The fraction of sp³-hybridized carbons (Fsp3) is 0.417. The molecule has 1 unspecified atom stereocenters. The summed E-state index contributed by atoms with van der Waals surface area (Å²) in [4.78, 5) is 27.7. The zero-order valence-corrected chi connectivity index (χ0v) is 17.9. The first-order valence-electron chi connectivity index (χ1n) is 10.3. The van der Waals surface area contributed by atoms with Gasteiger partial charge in [0.2, 0.25) is 11.8 Å². The summed E-state index contributed by atoms with van der Waals surface area (Å²) in [6, 6.07) is 15.1. The van der Waals surface area contributed by atoms with Gasteiger partial charge in [0.25, 0.3) is 0 Å². The zero-order chi connectivity index (χ0) is 20.8. The number of carbonyl (C=O) groups excluding carboxylic acids is 2. The van der Waals surface area contributed by atoms with Gasteiger partial charge in [0.15, 0.2) is 0 Å². The van der Waals surface area contributed by atoms with Crippen LogP contribution in [0.25, 0.3) is 0 Å². The monoisotopic (exact) mass is 412 g/mol. The largest absolute Gasteiger partial charge is 0.352 e. The molecule has 0 radical (unpaired) electrons. The minimum Gasteiger partial charge on any atom is -0.352 e. The van der Waals surface area contributed by atoms with Crippen molar-refractivity contribution < 1.29 is 9.59 Å². The Labute approximate surface area is 178 Å². The van der Waals surface area contributed by atoms with Crippen molar-refractivity contribution >= 4 is 23.4 Å². The summed E-state index contributed by atoms with van der Waals surface area (Å²) in [6.45, 7) is 4.21. The molecule has 4 nitrogen and oxygen atoms in total. The van der Waals surface area contributed by atoms with Crippen molar-refractivity contribution in [3.8, 4) is 0 Å². The predicted molar refractivity (Wildman–Crippen MR) is 117 cm³/mol. The van der Waals surface area contributed by atoms with Gasteiger partial charge in [-0.25, -0.2) is 0 Å². The summed E-state index contributed by atoms with van der Waals surface area (Å²) in [5.74, 6) is -0.138. The standard InChI is InChI=1S/C24H29ClN2O2/c1-17-7-9-19(10-8-17)15-23(28)27(16-20-11-13-21(25)14-12-20)18(2)24(29)26-22-5-3-4-6-22/h7-14,18,22H,3-6,15-16H2,1-2H3,(H,26,29). The first-order valence-corrected chi connectivity index (χ1v) is 10.7. The van der Waals surface area contributed by atoms with Crippen molar-refractivity contribution in [3.05, 3.63) is 70.2 Å². The number of amides is 2. The molecule has 2 aromatic carbocycles. The van der Waals surface area contributed by atoms with Crippen LogP contribution in [0.1, 0.15) is 49.3 Å². The fourth-order valence-electron chi connectivity index (χ4n) is 3.74. The third kappa shape index (κ3) is 6.07. The van der Waals surface area contributed by atoms with Gasteiger partial charge in [-0.3, -0.25) is 9.59 Å². The molecular formula is C24H29ClN2O2. The van der Waals surface area contributed by atoms with E-state index in [2.05, 4.69) is 5.32 Å². The van der Waals surface area contributed by atoms with Gasteiger partial charge in [0.05, 0.1) is 6.42 Å². The van der Waals surface area contributed by atoms with Gasteiger partial charge >= 0.3 is 0 Å². The third-order valence-corrected chi connectivity index (χ3v) is 5.86. The minimum atomic E-state index is -0.538. The van der Waals surface area contributed by atoms with Crippen molar-refractivity contribution in [1.29, 1.82) is 0 Å². The van der Waals surface area contributed by atoms with Crippen LogP contribution in [0.3, 0.4) is 0 Å². The number of hydrogen-bond acceptors (Lipinski definition) is 2. The van der Waals surface area contributed by atoms with E-state index in [1.807, 2.05) is 62.4 Å². The SMILES string of the molecule is Cc1ccc(CC(=O)N(Cc2ccc(Cl)cc2)C(C)C(=O)NC2CCCC2)cc1. The second-order valence-electron chi connectivity index (χ2n) is 7.98. The number of carbonyl (C=O) groups is 2. The lowest BCUT2D eigenvalue weighted by molar-refractivity contribution is -0.140. The topological polar surface area (TPSA) is 49.4 Å². The van der Waals surface area contributed by atoms with Crippen molar-refractivity contribution in [3.63, 3.8) is 0 Å². The van der Waals surface area contributed by atoms with Crippen molar-refractivity contribution in [1.82, 2.24) is 10.2 Å². The first kappa shape index (κ1) is 21.4. The quantitative estimate of drug-likeness (QED) is 0.718. The van der Waals surface area contributed by atoms with E-state index in [9.17, 15) is 9.59 Å². The number of aryl methyl sites for hydroxylation is 1. The number of halogens is 1. The molecule has 0 aromatic heterocycles. The number of rotatable bonds is 7. The molecule has 1 aliphatic rings. The summed E-state index contributed by atoms with van der Waals surface area (Å²) in [5.41, 5.74) is 3.06. The highest BCUT2D eigenvalue weighted by molar-refractivity contribution is 6.30. The highest BCUT2D eigenvalue weighted by Crippen LogP contribution is 2.19. The Hall–Kier alpha value is -2.33. The molecule has 1 aliphatic carbocycles. The average molecular weight is 413 g/mol. The van der Waals surface area contributed by atoms with E-state index in [4.69, 9.17) is 11.6 Å². The second kappa shape index (κ2) is 9.93. The van der Waals surface area contributed by atoms with Crippen LogP contribution in [0.5, 0.6) is 0 Å². The molecule has 3 rings (SSSR count). The molecule has 1 saturated carbocycles. The summed E-state index contributed by atoms with van der Waals surface area (Å²) in [6.07, 6.45) is 4.62. The highest BCUT2D eigenvalue weighted by atomic mass is 35.5.